The molecule has 1 aromatic rings. The Hall–Kier alpha value is -1.55. The van der Waals surface area contributed by atoms with E-state index in [1.807, 2.05) is 31.2 Å². The van der Waals surface area contributed by atoms with Crippen molar-refractivity contribution in [3.8, 4) is 5.75 Å². The Kier molecular flexibility index (Phi) is 5.83. The summed E-state index contributed by atoms with van der Waals surface area (Å²) in [5.74, 6) is 0.797. The molecule has 106 valence electrons. The number of para-hydroxylation sites is 1. The number of ether oxygens (including phenoxy) is 1. The van der Waals surface area contributed by atoms with Crippen molar-refractivity contribution in [3.63, 3.8) is 0 Å². The van der Waals surface area contributed by atoms with Gasteiger partial charge in [-0.1, -0.05) is 18.2 Å². The molecule has 0 aliphatic carbocycles. The molecule has 0 heterocycles. The standard InChI is InChI=1S/C15H23NO3/c1-12-7-4-5-8-13(12)19-10-6-9-14(18)16-15(2,3)11-17/h4-5,7-8,17H,6,9-11H2,1-3H3,(H,16,18). The summed E-state index contributed by atoms with van der Waals surface area (Å²) in [5, 5.41) is 11.8. The molecule has 4 nitrogen and oxygen atoms in total. The van der Waals surface area contributed by atoms with Gasteiger partial charge in [-0.05, 0) is 38.8 Å². The van der Waals surface area contributed by atoms with Crippen molar-refractivity contribution in [3.05, 3.63) is 29.8 Å². The van der Waals surface area contributed by atoms with Crippen molar-refractivity contribution in [2.24, 2.45) is 0 Å². The lowest BCUT2D eigenvalue weighted by molar-refractivity contribution is -0.123. The molecule has 0 unspecified atom stereocenters. The van der Waals surface area contributed by atoms with Crippen LogP contribution in [0.1, 0.15) is 32.3 Å². The Labute approximate surface area is 114 Å². The van der Waals surface area contributed by atoms with Gasteiger partial charge in [0.25, 0.3) is 0 Å². The SMILES string of the molecule is Cc1ccccc1OCCCC(=O)NC(C)(C)CO. The zero-order valence-corrected chi connectivity index (χ0v) is 11.9. The van der Waals surface area contributed by atoms with Gasteiger partial charge in [0.2, 0.25) is 5.91 Å². The lowest BCUT2D eigenvalue weighted by atomic mass is 10.1. The van der Waals surface area contributed by atoms with Gasteiger partial charge < -0.3 is 15.2 Å². The fraction of sp³-hybridized carbons (Fsp3) is 0.533. The van der Waals surface area contributed by atoms with Crippen LogP contribution in [0.4, 0.5) is 0 Å². The fourth-order valence-corrected chi connectivity index (χ4v) is 1.61. The number of aliphatic hydroxyl groups is 1. The van der Waals surface area contributed by atoms with E-state index in [1.165, 1.54) is 0 Å². The molecule has 1 amide bonds. The number of carbonyl (C=O) groups excluding carboxylic acids is 1. The van der Waals surface area contributed by atoms with Gasteiger partial charge in [-0.15, -0.1) is 0 Å². The highest BCUT2D eigenvalue weighted by molar-refractivity contribution is 5.76. The third-order valence-corrected chi connectivity index (χ3v) is 2.77. The summed E-state index contributed by atoms with van der Waals surface area (Å²) in [6, 6.07) is 7.81. The highest BCUT2D eigenvalue weighted by atomic mass is 16.5. The molecule has 0 aromatic heterocycles. The van der Waals surface area contributed by atoms with Gasteiger partial charge in [0.15, 0.2) is 0 Å². The number of aryl methyl sites for hydroxylation is 1. The molecule has 0 atom stereocenters. The van der Waals surface area contributed by atoms with Crippen LogP contribution >= 0.6 is 0 Å². The first kappa shape index (κ1) is 15.5. The van der Waals surface area contributed by atoms with Crippen LogP contribution in [-0.4, -0.2) is 29.8 Å². The van der Waals surface area contributed by atoms with E-state index >= 15 is 0 Å². The van der Waals surface area contributed by atoms with Crippen LogP contribution in [0.15, 0.2) is 24.3 Å². The number of hydrogen-bond donors (Lipinski definition) is 2. The Bertz CT molecular complexity index is 416. The van der Waals surface area contributed by atoms with E-state index in [2.05, 4.69) is 5.32 Å². The normalized spacial score (nSPS) is 11.2. The highest BCUT2D eigenvalue weighted by Gasteiger charge is 2.18. The number of nitrogens with one attached hydrogen (secondary N) is 1. The van der Waals surface area contributed by atoms with Crippen molar-refractivity contribution < 1.29 is 14.6 Å². The van der Waals surface area contributed by atoms with E-state index in [4.69, 9.17) is 9.84 Å². The largest absolute Gasteiger partial charge is 0.493 e. The summed E-state index contributed by atoms with van der Waals surface area (Å²) in [5.41, 5.74) is 0.530. The highest BCUT2D eigenvalue weighted by Crippen LogP contribution is 2.16. The second-order valence-corrected chi connectivity index (χ2v) is 5.31. The summed E-state index contributed by atoms with van der Waals surface area (Å²) < 4.78 is 5.61. The molecule has 0 aliphatic heterocycles. The first-order chi connectivity index (χ1) is 8.94. The quantitative estimate of drug-likeness (QED) is 0.742. The molecular formula is C15H23NO3. The van der Waals surface area contributed by atoms with Gasteiger partial charge >= 0.3 is 0 Å². The maximum atomic E-state index is 11.6. The van der Waals surface area contributed by atoms with E-state index in [9.17, 15) is 4.79 Å². The molecule has 0 saturated heterocycles. The van der Waals surface area contributed by atoms with Crippen LogP contribution in [0.25, 0.3) is 0 Å². The Morgan fingerprint density at radius 1 is 1.37 bits per heavy atom. The number of aliphatic hydroxyl groups excluding tert-OH is 1. The van der Waals surface area contributed by atoms with Gasteiger partial charge in [-0.3, -0.25) is 4.79 Å². The minimum absolute atomic E-state index is 0.0626. The van der Waals surface area contributed by atoms with Crippen LogP contribution < -0.4 is 10.1 Å². The molecule has 19 heavy (non-hydrogen) atoms. The van der Waals surface area contributed by atoms with Gasteiger partial charge in [-0.25, -0.2) is 0 Å². The average molecular weight is 265 g/mol. The summed E-state index contributed by atoms with van der Waals surface area (Å²) in [6.07, 6.45) is 1.05. The maximum Gasteiger partial charge on any atom is 0.220 e. The smallest absolute Gasteiger partial charge is 0.220 e. The second-order valence-electron chi connectivity index (χ2n) is 5.31. The van der Waals surface area contributed by atoms with Crippen LogP contribution in [0, 0.1) is 6.92 Å². The first-order valence-electron chi connectivity index (χ1n) is 6.55. The van der Waals surface area contributed by atoms with Crippen LogP contribution in [-0.2, 0) is 4.79 Å². The van der Waals surface area contributed by atoms with Crippen molar-refractivity contribution in [2.45, 2.75) is 39.2 Å². The fourth-order valence-electron chi connectivity index (χ4n) is 1.61. The molecule has 0 spiro atoms. The molecule has 0 fully saturated rings. The van der Waals surface area contributed by atoms with E-state index < -0.39 is 5.54 Å². The minimum Gasteiger partial charge on any atom is -0.493 e. The minimum atomic E-state index is -0.562. The van der Waals surface area contributed by atoms with Crippen molar-refractivity contribution in [1.29, 1.82) is 0 Å². The second kappa shape index (κ2) is 7.14. The van der Waals surface area contributed by atoms with Crippen molar-refractivity contribution >= 4 is 5.91 Å². The molecule has 0 aliphatic rings. The van der Waals surface area contributed by atoms with E-state index in [0.717, 1.165) is 11.3 Å². The lowest BCUT2D eigenvalue weighted by Crippen LogP contribution is -2.46. The summed E-state index contributed by atoms with van der Waals surface area (Å²) in [7, 11) is 0. The number of hydrogen-bond acceptors (Lipinski definition) is 3. The number of amides is 1. The maximum absolute atomic E-state index is 11.6. The van der Waals surface area contributed by atoms with Crippen molar-refractivity contribution in [2.75, 3.05) is 13.2 Å². The predicted molar refractivity (Wildman–Crippen MR) is 75.2 cm³/mol. The molecule has 0 radical (unpaired) electrons. The van der Waals surface area contributed by atoms with Crippen LogP contribution in [0.3, 0.4) is 0 Å². The first-order valence-corrected chi connectivity index (χ1v) is 6.55. The Morgan fingerprint density at radius 2 is 2.05 bits per heavy atom. The molecule has 0 saturated carbocycles. The summed E-state index contributed by atoms with van der Waals surface area (Å²) >= 11 is 0. The Morgan fingerprint density at radius 3 is 2.68 bits per heavy atom. The van der Waals surface area contributed by atoms with E-state index in [0.29, 0.717) is 19.4 Å². The van der Waals surface area contributed by atoms with Crippen LogP contribution in [0.5, 0.6) is 5.75 Å². The van der Waals surface area contributed by atoms with Crippen molar-refractivity contribution in [1.82, 2.24) is 5.32 Å². The number of benzene rings is 1. The van der Waals surface area contributed by atoms with Gasteiger partial charge in [0.05, 0.1) is 18.8 Å². The average Bonchev–Trinajstić information content (AvgIpc) is 2.36. The Balaban J connectivity index is 2.25. The van der Waals surface area contributed by atoms with Crippen LogP contribution in [0.2, 0.25) is 0 Å². The molecule has 4 heteroatoms. The topological polar surface area (TPSA) is 58.6 Å². The number of rotatable bonds is 7. The van der Waals surface area contributed by atoms with E-state index in [1.54, 1.807) is 13.8 Å². The van der Waals surface area contributed by atoms with Gasteiger partial charge in [-0.2, -0.15) is 0 Å². The lowest BCUT2D eigenvalue weighted by Gasteiger charge is -2.23. The van der Waals surface area contributed by atoms with Gasteiger partial charge in [0.1, 0.15) is 5.75 Å². The zero-order chi connectivity index (χ0) is 14.3. The third-order valence-electron chi connectivity index (χ3n) is 2.77. The molecular weight excluding hydrogens is 242 g/mol. The monoisotopic (exact) mass is 265 g/mol. The third kappa shape index (κ3) is 5.75. The molecule has 1 aromatic carbocycles. The molecule has 0 bridgehead atoms. The number of carbonyl (C=O) groups is 1. The summed E-state index contributed by atoms with van der Waals surface area (Å²) in [4.78, 5) is 11.6. The predicted octanol–water partition coefficient (Wildman–Crippen LogP) is 2.04. The summed E-state index contributed by atoms with van der Waals surface area (Å²) in [6.45, 7) is 6.01. The van der Waals surface area contributed by atoms with Gasteiger partial charge in [0, 0.05) is 6.42 Å². The van der Waals surface area contributed by atoms with E-state index in [-0.39, 0.29) is 12.5 Å². The zero-order valence-electron chi connectivity index (χ0n) is 11.9. The molecule has 1 rings (SSSR count). The molecule has 2 N–H and O–H groups in total.